The maximum atomic E-state index is 12.3. The molecule has 0 radical (unpaired) electrons. The maximum absolute atomic E-state index is 12.3. The van der Waals surface area contributed by atoms with E-state index in [1.807, 2.05) is 6.92 Å². The van der Waals surface area contributed by atoms with Crippen LogP contribution in [0.5, 0.6) is 0 Å². The van der Waals surface area contributed by atoms with Gasteiger partial charge in [-0.2, -0.15) is 5.10 Å². The molecular weight excluding hydrogens is 234 g/mol. The van der Waals surface area contributed by atoms with Gasteiger partial charge in [0.2, 0.25) is 0 Å². The van der Waals surface area contributed by atoms with E-state index in [2.05, 4.69) is 5.10 Å². The van der Waals surface area contributed by atoms with Gasteiger partial charge in [0.1, 0.15) is 5.69 Å². The number of hydrogen-bond donors (Lipinski definition) is 1. The number of rotatable bonds is 2. The van der Waals surface area contributed by atoms with E-state index in [1.54, 1.807) is 24.9 Å². The van der Waals surface area contributed by atoms with Crippen molar-refractivity contribution in [3.05, 3.63) is 17.5 Å². The minimum atomic E-state index is -0.848. The molecule has 1 unspecified atom stereocenters. The number of aromatic nitrogens is 2. The molecule has 18 heavy (non-hydrogen) atoms. The van der Waals surface area contributed by atoms with Crippen molar-refractivity contribution in [1.29, 1.82) is 0 Å². The lowest BCUT2D eigenvalue weighted by Gasteiger charge is -2.20. The molecule has 0 saturated carbocycles. The first kappa shape index (κ1) is 12.6. The quantitative estimate of drug-likeness (QED) is 0.838. The Morgan fingerprint density at radius 2 is 2.17 bits per heavy atom. The monoisotopic (exact) mass is 251 g/mol. The van der Waals surface area contributed by atoms with Gasteiger partial charge in [-0.1, -0.05) is 0 Å². The zero-order valence-corrected chi connectivity index (χ0v) is 10.8. The number of carbonyl (C=O) groups is 2. The minimum Gasteiger partial charge on any atom is -0.481 e. The summed E-state index contributed by atoms with van der Waals surface area (Å²) in [4.78, 5) is 25.0. The summed E-state index contributed by atoms with van der Waals surface area (Å²) in [5.41, 5.74) is 0.451. The van der Waals surface area contributed by atoms with Crippen LogP contribution < -0.4 is 0 Å². The second-order valence-corrected chi connectivity index (χ2v) is 5.14. The summed E-state index contributed by atoms with van der Waals surface area (Å²) in [6, 6.07) is 1.72. The number of hydrogen-bond acceptors (Lipinski definition) is 3. The molecule has 98 valence electrons. The molecule has 0 spiro atoms. The Bertz CT molecular complexity index is 509. The molecular formula is C12H17N3O3. The maximum Gasteiger partial charge on any atom is 0.311 e. The van der Waals surface area contributed by atoms with Crippen molar-refractivity contribution in [2.45, 2.75) is 20.3 Å². The molecule has 6 heteroatoms. The summed E-state index contributed by atoms with van der Waals surface area (Å²) in [5, 5.41) is 13.3. The third-order valence-corrected chi connectivity index (χ3v) is 3.50. The van der Waals surface area contributed by atoms with E-state index in [0.717, 1.165) is 5.69 Å². The average Bonchev–Trinajstić information content (AvgIpc) is 2.82. The van der Waals surface area contributed by atoms with Crippen LogP contribution in [0.4, 0.5) is 0 Å². The highest BCUT2D eigenvalue weighted by atomic mass is 16.4. The molecule has 2 rings (SSSR count). The van der Waals surface area contributed by atoms with Crippen LogP contribution in [0.25, 0.3) is 0 Å². The Morgan fingerprint density at radius 1 is 1.50 bits per heavy atom. The van der Waals surface area contributed by atoms with Gasteiger partial charge in [-0.15, -0.1) is 0 Å². The van der Waals surface area contributed by atoms with Gasteiger partial charge in [0.25, 0.3) is 5.91 Å². The molecule has 1 N–H and O–H groups in total. The highest BCUT2D eigenvalue weighted by molar-refractivity contribution is 5.93. The molecule has 1 amide bonds. The lowest BCUT2D eigenvalue weighted by Crippen LogP contribution is -2.35. The fourth-order valence-electron chi connectivity index (χ4n) is 2.28. The average molecular weight is 251 g/mol. The van der Waals surface area contributed by atoms with E-state index < -0.39 is 11.4 Å². The molecule has 2 heterocycles. The van der Waals surface area contributed by atoms with Crippen LogP contribution in [0.3, 0.4) is 0 Å². The van der Waals surface area contributed by atoms with Gasteiger partial charge in [0.05, 0.1) is 11.1 Å². The number of likely N-dealkylation sites (tertiary alicyclic amines) is 1. The van der Waals surface area contributed by atoms with E-state index in [1.165, 1.54) is 4.68 Å². The molecule has 0 bridgehead atoms. The smallest absolute Gasteiger partial charge is 0.311 e. The van der Waals surface area contributed by atoms with Crippen LogP contribution in [-0.4, -0.2) is 44.8 Å². The Hall–Kier alpha value is -1.85. The molecule has 1 aliphatic heterocycles. The molecule has 6 nitrogen and oxygen atoms in total. The van der Waals surface area contributed by atoms with Crippen molar-refractivity contribution in [2.75, 3.05) is 13.1 Å². The third kappa shape index (κ3) is 1.98. The summed E-state index contributed by atoms with van der Waals surface area (Å²) in [6.07, 6.45) is 0.491. The third-order valence-electron chi connectivity index (χ3n) is 3.50. The van der Waals surface area contributed by atoms with Gasteiger partial charge in [-0.3, -0.25) is 14.3 Å². The Balaban J connectivity index is 2.18. The van der Waals surface area contributed by atoms with E-state index in [0.29, 0.717) is 18.7 Å². The summed E-state index contributed by atoms with van der Waals surface area (Å²) in [7, 11) is 1.71. The lowest BCUT2D eigenvalue weighted by molar-refractivity contribution is -0.147. The summed E-state index contributed by atoms with van der Waals surface area (Å²) in [6.45, 7) is 4.23. The predicted octanol–water partition coefficient (Wildman–Crippen LogP) is 0.665. The molecule has 1 saturated heterocycles. The van der Waals surface area contributed by atoms with Crippen molar-refractivity contribution in [3.8, 4) is 0 Å². The Kier molecular flexibility index (Phi) is 2.88. The highest BCUT2D eigenvalue weighted by Crippen LogP contribution is 2.30. The van der Waals surface area contributed by atoms with Gasteiger partial charge in [0.15, 0.2) is 0 Å². The number of carbonyl (C=O) groups excluding carboxylic acids is 1. The SMILES string of the molecule is Cc1cc(C(=O)N2CCC(C)(C(=O)O)C2)n(C)n1. The predicted molar refractivity (Wildman–Crippen MR) is 64.2 cm³/mol. The van der Waals surface area contributed by atoms with Crippen LogP contribution in [0.2, 0.25) is 0 Å². The van der Waals surface area contributed by atoms with Gasteiger partial charge in [-0.25, -0.2) is 0 Å². The van der Waals surface area contributed by atoms with Gasteiger partial charge in [-0.05, 0) is 26.3 Å². The fourth-order valence-corrected chi connectivity index (χ4v) is 2.28. The van der Waals surface area contributed by atoms with E-state index in [9.17, 15) is 9.59 Å². The number of carboxylic acids is 1. The van der Waals surface area contributed by atoms with E-state index in [-0.39, 0.29) is 12.5 Å². The topological polar surface area (TPSA) is 75.4 Å². The van der Waals surface area contributed by atoms with E-state index >= 15 is 0 Å². The van der Waals surface area contributed by atoms with Gasteiger partial charge >= 0.3 is 5.97 Å². The second-order valence-electron chi connectivity index (χ2n) is 5.14. The number of amides is 1. The fraction of sp³-hybridized carbons (Fsp3) is 0.583. The molecule has 1 aliphatic rings. The van der Waals surface area contributed by atoms with Crippen LogP contribution in [0.1, 0.15) is 29.5 Å². The van der Waals surface area contributed by atoms with E-state index in [4.69, 9.17) is 5.11 Å². The molecule has 0 aromatic carbocycles. The van der Waals surface area contributed by atoms with Crippen LogP contribution >= 0.6 is 0 Å². The van der Waals surface area contributed by atoms with Crippen molar-refractivity contribution < 1.29 is 14.7 Å². The normalized spacial score (nSPS) is 23.4. The second kappa shape index (κ2) is 4.12. The highest BCUT2D eigenvalue weighted by Gasteiger charge is 2.42. The molecule has 0 aliphatic carbocycles. The lowest BCUT2D eigenvalue weighted by atomic mass is 9.90. The summed E-state index contributed by atoms with van der Waals surface area (Å²) < 4.78 is 1.54. The summed E-state index contributed by atoms with van der Waals surface area (Å²) in [5.74, 6) is -0.998. The van der Waals surface area contributed by atoms with Crippen LogP contribution in [-0.2, 0) is 11.8 Å². The Labute approximate surface area is 105 Å². The zero-order valence-electron chi connectivity index (χ0n) is 10.8. The largest absolute Gasteiger partial charge is 0.481 e. The van der Waals surface area contributed by atoms with Crippen molar-refractivity contribution in [3.63, 3.8) is 0 Å². The summed E-state index contributed by atoms with van der Waals surface area (Å²) >= 11 is 0. The first-order valence-corrected chi connectivity index (χ1v) is 5.87. The van der Waals surface area contributed by atoms with Crippen LogP contribution in [0.15, 0.2) is 6.07 Å². The first-order chi connectivity index (χ1) is 8.33. The zero-order chi connectivity index (χ0) is 13.5. The molecule has 1 fully saturated rings. The Morgan fingerprint density at radius 3 is 2.61 bits per heavy atom. The van der Waals surface area contributed by atoms with Crippen LogP contribution in [0, 0.1) is 12.3 Å². The van der Waals surface area contributed by atoms with Gasteiger partial charge < -0.3 is 10.0 Å². The number of nitrogens with zero attached hydrogens (tertiary/aromatic N) is 3. The molecule has 1 atom stereocenters. The van der Waals surface area contributed by atoms with Crippen molar-refractivity contribution in [2.24, 2.45) is 12.5 Å². The molecule has 1 aromatic rings. The standard InChI is InChI=1S/C12H17N3O3/c1-8-6-9(14(3)13-8)10(16)15-5-4-12(2,7-15)11(17)18/h6H,4-5,7H2,1-3H3,(H,17,18). The van der Waals surface area contributed by atoms with Gasteiger partial charge in [0, 0.05) is 20.1 Å². The number of aliphatic carboxylic acids is 1. The first-order valence-electron chi connectivity index (χ1n) is 5.87. The van der Waals surface area contributed by atoms with Crippen molar-refractivity contribution >= 4 is 11.9 Å². The molecule has 1 aromatic heterocycles. The van der Waals surface area contributed by atoms with Crippen molar-refractivity contribution in [1.82, 2.24) is 14.7 Å². The number of aryl methyl sites for hydroxylation is 2. The minimum absolute atomic E-state index is 0.150. The number of carboxylic acid groups (broad SMARTS) is 1.